The average molecular weight is 547 g/mol. The third-order valence-electron chi connectivity index (χ3n) is 8.74. The Kier molecular flexibility index (Phi) is 5.23. The van der Waals surface area contributed by atoms with Crippen molar-refractivity contribution >= 4 is 54.1 Å². The van der Waals surface area contributed by atoms with E-state index in [-0.39, 0.29) is 0 Å². The summed E-state index contributed by atoms with van der Waals surface area (Å²) < 4.78 is 2.43. The third kappa shape index (κ3) is 3.70. The van der Waals surface area contributed by atoms with Gasteiger partial charge < -0.3 is 4.57 Å². The highest BCUT2D eigenvalue weighted by Gasteiger charge is 2.18. The van der Waals surface area contributed by atoms with E-state index < -0.39 is 0 Å². The molecule has 2 heteroatoms. The zero-order valence-electron chi connectivity index (χ0n) is 23.4. The Morgan fingerprint density at radius 1 is 0.326 bits per heavy atom. The SMILES string of the molecule is c1ccc(-c2cc(-n3c4ccccc4c4cc5c6ccccc6c6ccccc6c5cc43)cc(-c3ccccc3)n2)cc1. The van der Waals surface area contributed by atoms with Gasteiger partial charge in [-0.15, -0.1) is 0 Å². The van der Waals surface area contributed by atoms with Gasteiger partial charge >= 0.3 is 0 Å². The molecule has 7 aromatic carbocycles. The van der Waals surface area contributed by atoms with Crippen LogP contribution < -0.4 is 0 Å². The lowest BCUT2D eigenvalue weighted by molar-refractivity contribution is 1.16. The molecular formula is C41H26N2. The number of pyridine rings is 1. The molecule has 0 fully saturated rings. The molecule has 0 amide bonds. The maximum Gasteiger partial charge on any atom is 0.0730 e. The Balaban J connectivity index is 1.43. The number of benzene rings is 7. The summed E-state index contributed by atoms with van der Waals surface area (Å²) >= 11 is 0. The molecule has 0 saturated carbocycles. The van der Waals surface area contributed by atoms with Crippen molar-refractivity contribution in [3.8, 4) is 28.2 Å². The summed E-state index contributed by atoms with van der Waals surface area (Å²) in [4.78, 5) is 5.16. The molecule has 0 N–H and O–H groups in total. The predicted octanol–water partition coefficient (Wildman–Crippen LogP) is 11.0. The normalized spacial score (nSPS) is 11.7. The van der Waals surface area contributed by atoms with Gasteiger partial charge in [-0.25, -0.2) is 4.98 Å². The van der Waals surface area contributed by atoms with Gasteiger partial charge in [-0.05, 0) is 62.6 Å². The molecule has 200 valence electrons. The summed E-state index contributed by atoms with van der Waals surface area (Å²) in [5, 5.41) is 10.2. The Labute approximate surface area is 249 Å². The van der Waals surface area contributed by atoms with Crippen molar-refractivity contribution in [1.29, 1.82) is 0 Å². The molecule has 9 aromatic rings. The molecule has 0 radical (unpaired) electrons. The minimum Gasteiger partial charge on any atom is -0.309 e. The lowest BCUT2D eigenvalue weighted by atomic mass is 9.93. The maximum absolute atomic E-state index is 5.16. The predicted molar refractivity (Wildman–Crippen MR) is 182 cm³/mol. The minimum absolute atomic E-state index is 0.958. The van der Waals surface area contributed by atoms with Crippen molar-refractivity contribution in [1.82, 2.24) is 9.55 Å². The van der Waals surface area contributed by atoms with Crippen LogP contribution >= 0.6 is 0 Å². The van der Waals surface area contributed by atoms with E-state index in [1.807, 2.05) is 0 Å². The van der Waals surface area contributed by atoms with Crippen LogP contribution in [-0.4, -0.2) is 9.55 Å². The number of aromatic nitrogens is 2. The Morgan fingerprint density at radius 2 is 0.767 bits per heavy atom. The summed E-state index contributed by atoms with van der Waals surface area (Å²) in [6.07, 6.45) is 0. The molecular weight excluding hydrogens is 520 g/mol. The van der Waals surface area contributed by atoms with Gasteiger partial charge in [0.1, 0.15) is 0 Å². The number of para-hydroxylation sites is 1. The molecule has 2 aromatic heterocycles. The van der Waals surface area contributed by atoms with Gasteiger partial charge in [-0.3, -0.25) is 0 Å². The summed E-state index contributed by atoms with van der Waals surface area (Å²) in [6.45, 7) is 0. The van der Waals surface area contributed by atoms with Crippen molar-refractivity contribution in [2.75, 3.05) is 0 Å². The van der Waals surface area contributed by atoms with Crippen molar-refractivity contribution < 1.29 is 0 Å². The van der Waals surface area contributed by atoms with E-state index >= 15 is 0 Å². The van der Waals surface area contributed by atoms with Crippen LogP contribution in [0, 0.1) is 0 Å². The molecule has 0 atom stereocenters. The highest BCUT2D eigenvalue weighted by atomic mass is 15.0. The highest BCUT2D eigenvalue weighted by molar-refractivity contribution is 6.28. The fourth-order valence-corrected chi connectivity index (χ4v) is 6.80. The second-order valence-electron chi connectivity index (χ2n) is 11.2. The average Bonchev–Trinajstić information content (AvgIpc) is 3.41. The standard InChI is InChI=1S/C41H26N2/c1-3-13-27(14-4-1)38-23-29(24-39(42-38)28-15-5-2-6-16-28)43-40-22-12-11-21-34(40)37-25-35-32-19-9-7-17-30(32)31-18-8-10-20-33(31)36(35)26-41(37)43/h1-26H. The zero-order chi connectivity index (χ0) is 28.3. The number of fused-ring (bicyclic) bond motifs is 9. The highest BCUT2D eigenvalue weighted by Crippen LogP contribution is 2.41. The zero-order valence-corrected chi connectivity index (χ0v) is 23.4. The van der Waals surface area contributed by atoms with Crippen molar-refractivity contribution in [3.05, 3.63) is 158 Å². The van der Waals surface area contributed by atoms with Gasteiger partial charge in [-0.2, -0.15) is 0 Å². The van der Waals surface area contributed by atoms with Gasteiger partial charge in [0.05, 0.1) is 28.1 Å². The second kappa shape index (κ2) is 9.40. The first-order valence-electron chi connectivity index (χ1n) is 14.7. The molecule has 0 unspecified atom stereocenters. The van der Waals surface area contributed by atoms with Gasteiger partial charge in [0.25, 0.3) is 0 Å². The van der Waals surface area contributed by atoms with Crippen molar-refractivity contribution in [2.24, 2.45) is 0 Å². The Bertz CT molecular complexity index is 2430. The van der Waals surface area contributed by atoms with Crippen molar-refractivity contribution in [2.45, 2.75) is 0 Å². The van der Waals surface area contributed by atoms with Crippen molar-refractivity contribution in [3.63, 3.8) is 0 Å². The fraction of sp³-hybridized carbons (Fsp3) is 0. The molecule has 0 saturated heterocycles. The van der Waals surface area contributed by atoms with Crippen LogP contribution in [0.5, 0.6) is 0 Å². The first-order chi connectivity index (χ1) is 21.3. The lowest BCUT2D eigenvalue weighted by Crippen LogP contribution is -1.98. The van der Waals surface area contributed by atoms with Crippen LogP contribution in [0.3, 0.4) is 0 Å². The topological polar surface area (TPSA) is 17.8 Å². The van der Waals surface area contributed by atoms with Crippen LogP contribution in [-0.2, 0) is 0 Å². The van der Waals surface area contributed by atoms with E-state index in [2.05, 4.69) is 162 Å². The van der Waals surface area contributed by atoms with E-state index in [4.69, 9.17) is 4.98 Å². The van der Waals surface area contributed by atoms with Gasteiger partial charge in [0, 0.05) is 21.9 Å². The molecule has 0 aliphatic heterocycles. The summed E-state index contributed by atoms with van der Waals surface area (Å²) in [5.74, 6) is 0. The Hall–Kier alpha value is -5.73. The molecule has 9 rings (SSSR count). The molecule has 0 spiro atoms. The van der Waals surface area contributed by atoms with E-state index in [0.29, 0.717) is 0 Å². The van der Waals surface area contributed by atoms with Crippen LogP contribution in [0.25, 0.3) is 82.3 Å². The number of hydrogen-bond acceptors (Lipinski definition) is 1. The number of rotatable bonds is 3. The molecule has 43 heavy (non-hydrogen) atoms. The van der Waals surface area contributed by atoms with Crippen LogP contribution in [0.2, 0.25) is 0 Å². The molecule has 0 aliphatic rings. The largest absolute Gasteiger partial charge is 0.309 e. The lowest BCUT2D eigenvalue weighted by Gasteiger charge is -2.14. The monoisotopic (exact) mass is 546 g/mol. The minimum atomic E-state index is 0.958. The van der Waals surface area contributed by atoms with Crippen LogP contribution in [0.15, 0.2) is 158 Å². The van der Waals surface area contributed by atoms with Gasteiger partial charge in [0.15, 0.2) is 0 Å². The van der Waals surface area contributed by atoms with Crippen LogP contribution in [0.1, 0.15) is 0 Å². The van der Waals surface area contributed by atoms with E-state index in [9.17, 15) is 0 Å². The third-order valence-corrected chi connectivity index (χ3v) is 8.74. The summed E-state index contributed by atoms with van der Waals surface area (Å²) in [5.41, 5.74) is 7.60. The molecule has 2 nitrogen and oxygen atoms in total. The quantitative estimate of drug-likeness (QED) is 0.202. The van der Waals surface area contributed by atoms with Gasteiger partial charge in [0.2, 0.25) is 0 Å². The van der Waals surface area contributed by atoms with E-state index in [1.54, 1.807) is 0 Å². The fourth-order valence-electron chi connectivity index (χ4n) is 6.80. The molecule has 0 aliphatic carbocycles. The Morgan fingerprint density at radius 3 is 1.33 bits per heavy atom. The second-order valence-corrected chi connectivity index (χ2v) is 11.2. The van der Waals surface area contributed by atoms with E-state index in [1.165, 1.54) is 54.1 Å². The van der Waals surface area contributed by atoms with Gasteiger partial charge in [-0.1, -0.05) is 127 Å². The van der Waals surface area contributed by atoms with Crippen LogP contribution in [0.4, 0.5) is 0 Å². The van der Waals surface area contributed by atoms with E-state index in [0.717, 1.165) is 28.2 Å². The summed E-state index contributed by atoms with van der Waals surface area (Å²) in [6, 6.07) is 56.6. The first kappa shape index (κ1) is 23.9. The number of nitrogens with zero attached hydrogens (tertiary/aromatic N) is 2. The molecule has 0 bridgehead atoms. The summed E-state index contributed by atoms with van der Waals surface area (Å²) in [7, 11) is 0. The molecule has 2 heterocycles. The maximum atomic E-state index is 5.16. The first-order valence-corrected chi connectivity index (χ1v) is 14.7. The number of hydrogen-bond donors (Lipinski definition) is 0. The smallest absolute Gasteiger partial charge is 0.0730 e.